The predicted molar refractivity (Wildman–Crippen MR) is 98.8 cm³/mol. The lowest BCUT2D eigenvalue weighted by Gasteiger charge is -2.09. The van der Waals surface area contributed by atoms with Crippen molar-refractivity contribution >= 4 is 31.9 Å². The number of amides is 1. The highest BCUT2D eigenvalue weighted by molar-refractivity contribution is 9.10. The van der Waals surface area contributed by atoms with Gasteiger partial charge in [-0.05, 0) is 45.8 Å². The van der Waals surface area contributed by atoms with Crippen molar-refractivity contribution in [1.82, 2.24) is 10.0 Å². The van der Waals surface area contributed by atoms with Gasteiger partial charge in [-0.3, -0.25) is 4.79 Å². The van der Waals surface area contributed by atoms with Crippen LogP contribution >= 0.6 is 15.9 Å². The molecule has 0 aliphatic rings. The van der Waals surface area contributed by atoms with Gasteiger partial charge in [-0.15, -0.1) is 0 Å². The number of methoxy groups -OCH3 is 1. The van der Waals surface area contributed by atoms with E-state index in [0.29, 0.717) is 18.7 Å². The van der Waals surface area contributed by atoms with Crippen LogP contribution in [0.1, 0.15) is 15.9 Å². The van der Waals surface area contributed by atoms with Gasteiger partial charge in [0.05, 0.1) is 17.1 Å². The van der Waals surface area contributed by atoms with E-state index in [1.807, 2.05) is 6.07 Å². The number of carbonyl (C=O) groups is 1. The monoisotopic (exact) mass is 426 g/mol. The van der Waals surface area contributed by atoms with Crippen molar-refractivity contribution in [3.8, 4) is 0 Å². The first kappa shape index (κ1) is 19.6. The molecule has 0 aliphatic carbocycles. The van der Waals surface area contributed by atoms with Gasteiger partial charge in [-0.25, -0.2) is 13.1 Å². The van der Waals surface area contributed by atoms with Gasteiger partial charge < -0.3 is 10.1 Å². The van der Waals surface area contributed by atoms with Crippen molar-refractivity contribution in [2.75, 3.05) is 20.3 Å². The lowest BCUT2D eigenvalue weighted by molar-refractivity contribution is 0.0950. The molecule has 0 fully saturated rings. The molecule has 2 aromatic rings. The molecule has 0 aromatic heterocycles. The maximum Gasteiger partial charge on any atom is 0.252 e. The molecule has 1 amide bonds. The predicted octanol–water partition coefficient (Wildman–Crippen LogP) is 2.30. The molecule has 2 aromatic carbocycles. The van der Waals surface area contributed by atoms with Crippen LogP contribution in [-0.2, 0) is 21.3 Å². The van der Waals surface area contributed by atoms with Crippen LogP contribution in [0.25, 0.3) is 0 Å². The highest BCUT2D eigenvalue weighted by Crippen LogP contribution is 2.16. The highest BCUT2D eigenvalue weighted by atomic mass is 79.9. The zero-order valence-corrected chi connectivity index (χ0v) is 16.1. The third-order valence-electron chi connectivity index (χ3n) is 3.40. The van der Waals surface area contributed by atoms with Crippen LogP contribution in [0.5, 0.6) is 0 Å². The minimum Gasteiger partial charge on any atom is -0.383 e. The number of sulfonamides is 1. The standard InChI is InChI=1S/C17H19BrN2O4S/c1-24-11-10-20-25(22,23)14-8-6-13(7-9-14)12-19-17(21)15-4-2-3-5-16(15)18/h2-9,20H,10-12H2,1H3,(H,19,21). The molecule has 25 heavy (non-hydrogen) atoms. The molecule has 0 spiro atoms. The van der Waals surface area contributed by atoms with Crippen LogP contribution in [-0.4, -0.2) is 34.6 Å². The zero-order chi connectivity index (χ0) is 18.3. The molecule has 8 heteroatoms. The average Bonchev–Trinajstić information content (AvgIpc) is 2.60. The van der Waals surface area contributed by atoms with Crippen LogP contribution < -0.4 is 10.0 Å². The van der Waals surface area contributed by atoms with E-state index in [-0.39, 0.29) is 17.3 Å². The number of carbonyl (C=O) groups excluding carboxylic acids is 1. The summed E-state index contributed by atoms with van der Waals surface area (Å²) in [7, 11) is -2.05. The van der Waals surface area contributed by atoms with Gasteiger partial charge in [0.25, 0.3) is 5.91 Å². The number of hydrogen-bond acceptors (Lipinski definition) is 4. The third kappa shape index (κ3) is 5.64. The van der Waals surface area contributed by atoms with Gasteiger partial charge in [0.1, 0.15) is 0 Å². The molecule has 134 valence electrons. The molecule has 0 bridgehead atoms. The average molecular weight is 427 g/mol. The molecule has 0 heterocycles. The lowest BCUT2D eigenvalue weighted by Crippen LogP contribution is -2.27. The number of ether oxygens (including phenoxy) is 1. The summed E-state index contributed by atoms with van der Waals surface area (Å²) in [6, 6.07) is 13.5. The Labute approximate surface area is 155 Å². The van der Waals surface area contributed by atoms with Gasteiger partial charge >= 0.3 is 0 Å². The second kappa shape index (κ2) is 9.10. The maximum absolute atomic E-state index is 12.2. The molecule has 0 saturated heterocycles. The topological polar surface area (TPSA) is 84.5 Å². The van der Waals surface area contributed by atoms with Crippen molar-refractivity contribution in [3.63, 3.8) is 0 Å². The molecule has 2 rings (SSSR count). The van der Waals surface area contributed by atoms with Crippen LogP contribution in [0.3, 0.4) is 0 Å². The lowest BCUT2D eigenvalue weighted by atomic mass is 10.2. The van der Waals surface area contributed by atoms with E-state index in [2.05, 4.69) is 26.0 Å². The van der Waals surface area contributed by atoms with E-state index in [1.165, 1.54) is 19.2 Å². The van der Waals surface area contributed by atoms with Crippen molar-refractivity contribution in [1.29, 1.82) is 0 Å². The van der Waals surface area contributed by atoms with Crippen LogP contribution in [0.2, 0.25) is 0 Å². The molecule has 2 N–H and O–H groups in total. The SMILES string of the molecule is COCCNS(=O)(=O)c1ccc(CNC(=O)c2ccccc2Br)cc1. The van der Waals surface area contributed by atoms with E-state index in [4.69, 9.17) is 4.74 Å². The summed E-state index contributed by atoms with van der Waals surface area (Å²) in [6.07, 6.45) is 0. The normalized spacial score (nSPS) is 11.3. The van der Waals surface area contributed by atoms with Crippen molar-refractivity contribution in [3.05, 3.63) is 64.1 Å². The van der Waals surface area contributed by atoms with E-state index < -0.39 is 10.0 Å². The second-order valence-corrected chi connectivity index (χ2v) is 7.82. The van der Waals surface area contributed by atoms with E-state index in [1.54, 1.807) is 30.3 Å². The number of nitrogens with one attached hydrogen (secondary N) is 2. The Morgan fingerprint density at radius 3 is 2.44 bits per heavy atom. The number of halogens is 1. The van der Waals surface area contributed by atoms with Crippen molar-refractivity contribution in [2.24, 2.45) is 0 Å². The second-order valence-electron chi connectivity index (χ2n) is 5.20. The van der Waals surface area contributed by atoms with E-state index >= 15 is 0 Å². The Kier molecular flexibility index (Phi) is 7.12. The number of hydrogen-bond donors (Lipinski definition) is 2. The zero-order valence-electron chi connectivity index (χ0n) is 13.7. The summed E-state index contributed by atoms with van der Waals surface area (Å²) < 4.78 is 32.1. The van der Waals surface area contributed by atoms with E-state index in [0.717, 1.165) is 10.0 Å². The molecule has 0 radical (unpaired) electrons. The first-order valence-corrected chi connectivity index (χ1v) is 9.82. The van der Waals surface area contributed by atoms with Crippen LogP contribution in [0.4, 0.5) is 0 Å². The smallest absolute Gasteiger partial charge is 0.252 e. The van der Waals surface area contributed by atoms with E-state index in [9.17, 15) is 13.2 Å². The quantitative estimate of drug-likeness (QED) is 0.634. The molecular formula is C17H19BrN2O4S. The fraction of sp³-hybridized carbons (Fsp3) is 0.235. The molecule has 0 saturated carbocycles. The summed E-state index contributed by atoms with van der Waals surface area (Å²) in [5.41, 5.74) is 1.35. The van der Waals surface area contributed by atoms with Gasteiger partial charge in [-0.1, -0.05) is 24.3 Å². The highest BCUT2D eigenvalue weighted by Gasteiger charge is 2.13. The molecule has 6 nitrogen and oxygen atoms in total. The minimum absolute atomic E-state index is 0.171. The molecule has 0 aliphatic heterocycles. The summed E-state index contributed by atoms with van der Waals surface area (Å²) in [5, 5.41) is 2.81. The Morgan fingerprint density at radius 1 is 1.12 bits per heavy atom. The Balaban J connectivity index is 1.96. The summed E-state index contributed by atoms with van der Waals surface area (Å²) >= 11 is 3.34. The fourth-order valence-corrected chi connectivity index (χ4v) is 3.55. The van der Waals surface area contributed by atoms with Gasteiger partial charge in [0.15, 0.2) is 0 Å². The summed E-state index contributed by atoms with van der Waals surface area (Å²) in [4.78, 5) is 12.3. The summed E-state index contributed by atoms with van der Waals surface area (Å²) in [5.74, 6) is -0.203. The van der Waals surface area contributed by atoms with Gasteiger partial charge in [0, 0.05) is 24.7 Å². The molecule has 0 atom stereocenters. The first-order chi connectivity index (χ1) is 11.9. The maximum atomic E-state index is 12.2. The number of rotatable bonds is 8. The third-order valence-corrected chi connectivity index (χ3v) is 5.57. The van der Waals surface area contributed by atoms with Crippen molar-refractivity contribution < 1.29 is 17.9 Å². The Hall–Kier alpha value is -1.74. The Bertz CT molecular complexity index is 823. The van der Waals surface area contributed by atoms with Gasteiger partial charge in [-0.2, -0.15) is 0 Å². The van der Waals surface area contributed by atoms with Crippen molar-refractivity contribution in [2.45, 2.75) is 11.4 Å². The number of benzene rings is 2. The van der Waals surface area contributed by atoms with Gasteiger partial charge in [0.2, 0.25) is 10.0 Å². The fourth-order valence-electron chi connectivity index (χ4n) is 2.07. The van der Waals surface area contributed by atoms with Crippen LogP contribution in [0.15, 0.2) is 57.9 Å². The molecule has 0 unspecified atom stereocenters. The summed E-state index contributed by atoms with van der Waals surface area (Å²) in [6.45, 7) is 0.818. The molecular weight excluding hydrogens is 408 g/mol. The first-order valence-electron chi connectivity index (χ1n) is 7.54. The minimum atomic E-state index is -3.55. The largest absolute Gasteiger partial charge is 0.383 e. The Morgan fingerprint density at radius 2 is 1.80 bits per heavy atom. The van der Waals surface area contributed by atoms with Crippen LogP contribution in [0, 0.1) is 0 Å².